The number of aliphatic hydroxyl groups excluding tert-OH is 1. The number of nitrogen functional groups attached to an aromatic ring is 1. The molecule has 3 N–H and O–H groups in total. The van der Waals surface area contributed by atoms with Crippen molar-refractivity contribution >= 4 is 22.4 Å². The van der Waals surface area contributed by atoms with E-state index in [-0.39, 0.29) is 5.78 Å². The van der Waals surface area contributed by atoms with Crippen molar-refractivity contribution in [1.82, 2.24) is 14.9 Å². The Kier molecular flexibility index (Phi) is 8.63. The van der Waals surface area contributed by atoms with E-state index in [1.165, 1.54) is 0 Å². The van der Waals surface area contributed by atoms with Crippen molar-refractivity contribution in [2.24, 2.45) is 0 Å². The molecule has 188 valence electrons. The molecule has 0 bridgehead atoms. The summed E-state index contributed by atoms with van der Waals surface area (Å²) in [6, 6.07) is 17.3. The van der Waals surface area contributed by atoms with Gasteiger partial charge in [0.05, 0.1) is 11.7 Å². The molecular weight excluding hydrogens is 460 g/mol. The van der Waals surface area contributed by atoms with E-state index >= 15 is 0 Å². The largest absolute Gasteiger partial charge is 0.392 e. The minimum Gasteiger partial charge on any atom is -0.392 e. The van der Waals surface area contributed by atoms with Gasteiger partial charge in [0.15, 0.2) is 5.78 Å². The number of nitrogens with two attached hydrogens (primary N) is 1. The molecule has 0 aliphatic rings. The van der Waals surface area contributed by atoms with Crippen LogP contribution in [-0.4, -0.2) is 51.5 Å². The highest BCUT2D eigenvalue weighted by molar-refractivity contribution is 5.96. The highest BCUT2D eigenvalue weighted by atomic mass is 16.3. The molecule has 1 unspecified atom stereocenters. The van der Waals surface area contributed by atoms with Gasteiger partial charge in [-0.05, 0) is 61.0 Å². The van der Waals surface area contributed by atoms with Crippen LogP contribution in [0.3, 0.4) is 0 Å². The smallest absolute Gasteiger partial charge is 0.162 e. The van der Waals surface area contributed by atoms with Gasteiger partial charge in [-0.2, -0.15) is 0 Å². The fourth-order valence-electron chi connectivity index (χ4n) is 4.28. The zero-order valence-electron chi connectivity index (χ0n) is 21.3. The number of anilines is 1. The Bertz CT molecular complexity index is 1420. The molecule has 6 heteroatoms. The third kappa shape index (κ3) is 6.59. The molecule has 0 amide bonds. The number of likely N-dealkylation sites (N-methyl/N-ethyl adjacent to an activating group) is 1. The predicted molar refractivity (Wildman–Crippen MR) is 149 cm³/mol. The van der Waals surface area contributed by atoms with Gasteiger partial charge in [0.2, 0.25) is 0 Å². The van der Waals surface area contributed by atoms with E-state index in [2.05, 4.69) is 46.6 Å². The van der Waals surface area contributed by atoms with E-state index in [9.17, 15) is 9.90 Å². The number of benzene rings is 2. The Hall–Kier alpha value is -4.05. The SMILES string of the molecule is CCN(CC)CC(O)CCC(=O)c1ccc(C#Cc2c(N)ncc3cc(-c4ccncc4)ccc23)cc1. The maximum Gasteiger partial charge on any atom is 0.162 e. The van der Waals surface area contributed by atoms with Crippen LogP contribution in [-0.2, 0) is 0 Å². The Labute approximate surface area is 218 Å². The number of hydrogen-bond acceptors (Lipinski definition) is 6. The molecule has 2 aromatic heterocycles. The van der Waals surface area contributed by atoms with Gasteiger partial charge in [-0.1, -0.05) is 50.0 Å². The van der Waals surface area contributed by atoms with Crippen molar-refractivity contribution in [1.29, 1.82) is 0 Å². The van der Waals surface area contributed by atoms with Crippen LogP contribution < -0.4 is 5.73 Å². The zero-order valence-corrected chi connectivity index (χ0v) is 21.3. The maximum atomic E-state index is 12.6. The first-order chi connectivity index (χ1) is 18.0. The number of carbonyl (C=O) groups excluding carboxylic acids is 1. The van der Waals surface area contributed by atoms with Gasteiger partial charge in [-0.3, -0.25) is 9.78 Å². The topological polar surface area (TPSA) is 92.3 Å². The number of hydrogen-bond donors (Lipinski definition) is 2. The zero-order chi connectivity index (χ0) is 26.2. The molecule has 0 radical (unpaired) electrons. The Morgan fingerprint density at radius 1 is 1.00 bits per heavy atom. The Morgan fingerprint density at radius 3 is 2.43 bits per heavy atom. The number of nitrogens with zero attached hydrogens (tertiary/aromatic N) is 3. The lowest BCUT2D eigenvalue weighted by atomic mass is 10.00. The van der Waals surface area contributed by atoms with E-state index < -0.39 is 6.10 Å². The standard InChI is InChI=1S/C31H32N4O2/c1-3-35(4-2)21-27(36)11-14-30(37)24-8-5-22(6-9-24)7-12-29-28-13-10-25(23-15-17-33-18-16-23)19-26(28)20-34-31(29)32/h5-6,8-10,13,15-20,27,36H,3-4,11,14,21H2,1-2H3,(H2,32,34). The van der Waals surface area contributed by atoms with Crippen molar-refractivity contribution in [3.05, 3.63) is 89.9 Å². The molecule has 0 aliphatic carbocycles. The second-order valence-electron chi connectivity index (χ2n) is 8.99. The lowest BCUT2D eigenvalue weighted by Crippen LogP contribution is -2.32. The molecule has 37 heavy (non-hydrogen) atoms. The first-order valence-corrected chi connectivity index (χ1v) is 12.6. The molecule has 4 aromatic rings. The highest BCUT2D eigenvalue weighted by Gasteiger charge is 2.13. The van der Waals surface area contributed by atoms with Crippen LogP contribution in [0.5, 0.6) is 0 Å². The monoisotopic (exact) mass is 492 g/mol. The van der Waals surface area contributed by atoms with Crippen LogP contribution in [0.4, 0.5) is 5.82 Å². The van der Waals surface area contributed by atoms with Crippen molar-refractivity contribution in [2.45, 2.75) is 32.8 Å². The summed E-state index contributed by atoms with van der Waals surface area (Å²) in [6.45, 7) is 6.49. The molecule has 2 aromatic carbocycles. The molecule has 0 aliphatic heterocycles. The lowest BCUT2D eigenvalue weighted by Gasteiger charge is -2.21. The van der Waals surface area contributed by atoms with E-state index in [1.54, 1.807) is 30.7 Å². The molecule has 1 atom stereocenters. The minimum absolute atomic E-state index is 0.0191. The Balaban J connectivity index is 1.47. The summed E-state index contributed by atoms with van der Waals surface area (Å²) in [5, 5.41) is 12.1. The Morgan fingerprint density at radius 2 is 1.73 bits per heavy atom. The van der Waals surface area contributed by atoms with Gasteiger partial charge in [0.1, 0.15) is 5.82 Å². The van der Waals surface area contributed by atoms with E-state index in [4.69, 9.17) is 5.73 Å². The predicted octanol–water partition coefficient (Wildman–Crippen LogP) is 4.94. The molecule has 0 saturated carbocycles. The average Bonchev–Trinajstić information content (AvgIpc) is 2.94. The number of fused-ring (bicyclic) bond motifs is 1. The maximum absolute atomic E-state index is 12.6. The van der Waals surface area contributed by atoms with Crippen molar-refractivity contribution < 1.29 is 9.90 Å². The third-order valence-corrected chi connectivity index (χ3v) is 6.54. The molecular formula is C31H32N4O2. The van der Waals surface area contributed by atoms with E-state index in [1.807, 2.05) is 36.4 Å². The first-order valence-electron chi connectivity index (χ1n) is 12.6. The van der Waals surface area contributed by atoms with Crippen molar-refractivity contribution in [3.63, 3.8) is 0 Å². The van der Waals surface area contributed by atoms with Gasteiger partial charge < -0.3 is 15.7 Å². The van der Waals surface area contributed by atoms with Crippen molar-refractivity contribution in [2.75, 3.05) is 25.4 Å². The second-order valence-corrected chi connectivity index (χ2v) is 8.99. The number of Topliss-reactive ketones (excluding diaryl/α,β-unsaturated/α-hetero) is 1. The minimum atomic E-state index is -0.505. The van der Waals surface area contributed by atoms with Gasteiger partial charge in [-0.25, -0.2) is 4.98 Å². The second kappa shape index (κ2) is 12.3. The third-order valence-electron chi connectivity index (χ3n) is 6.54. The van der Waals surface area contributed by atoms with Crippen LogP contribution in [0.15, 0.2) is 73.2 Å². The van der Waals surface area contributed by atoms with E-state index in [0.29, 0.717) is 36.3 Å². The summed E-state index contributed by atoms with van der Waals surface area (Å²) in [7, 11) is 0. The van der Waals surface area contributed by atoms with E-state index in [0.717, 1.165) is 40.6 Å². The summed E-state index contributed by atoms with van der Waals surface area (Å²) in [5.41, 5.74) is 10.4. The van der Waals surface area contributed by atoms with Gasteiger partial charge in [0.25, 0.3) is 0 Å². The number of aromatic nitrogens is 2. The first kappa shape index (κ1) is 26.0. The summed E-state index contributed by atoms with van der Waals surface area (Å²) < 4.78 is 0. The molecule has 0 fully saturated rings. The quantitative estimate of drug-likeness (QED) is 0.254. The van der Waals surface area contributed by atoms with Crippen LogP contribution >= 0.6 is 0 Å². The molecule has 0 spiro atoms. The summed E-state index contributed by atoms with van der Waals surface area (Å²) in [4.78, 5) is 23.2. The fraction of sp³-hybridized carbons (Fsp3) is 0.258. The van der Waals surface area contributed by atoms with Crippen LogP contribution in [0.25, 0.3) is 21.9 Å². The summed E-state index contributed by atoms with van der Waals surface area (Å²) in [6.07, 6.45) is 5.57. The number of pyridine rings is 2. The fourth-order valence-corrected chi connectivity index (χ4v) is 4.28. The molecule has 2 heterocycles. The summed E-state index contributed by atoms with van der Waals surface area (Å²) >= 11 is 0. The normalized spacial score (nSPS) is 11.8. The average molecular weight is 493 g/mol. The van der Waals surface area contributed by atoms with Crippen LogP contribution in [0, 0.1) is 11.8 Å². The molecule has 4 rings (SSSR count). The number of aliphatic hydroxyl groups is 1. The van der Waals surface area contributed by atoms with Crippen molar-refractivity contribution in [3.8, 4) is 23.0 Å². The van der Waals surface area contributed by atoms with Crippen LogP contribution in [0.2, 0.25) is 0 Å². The molecule has 6 nitrogen and oxygen atoms in total. The van der Waals surface area contributed by atoms with Crippen LogP contribution in [0.1, 0.15) is 48.2 Å². The molecule has 0 saturated heterocycles. The summed E-state index contributed by atoms with van der Waals surface area (Å²) in [5.74, 6) is 6.74. The number of ketones is 1. The highest BCUT2D eigenvalue weighted by Crippen LogP contribution is 2.27. The number of rotatable bonds is 9. The van der Waals surface area contributed by atoms with Gasteiger partial charge >= 0.3 is 0 Å². The van der Waals surface area contributed by atoms with Gasteiger partial charge in [0, 0.05) is 53.5 Å². The number of carbonyl (C=O) groups is 1. The lowest BCUT2D eigenvalue weighted by molar-refractivity contribution is 0.0877. The van der Waals surface area contributed by atoms with Gasteiger partial charge in [-0.15, -0.1) is 0 Å².